The summed E-state index contributed by atoms with van der Waals surface area (Å²) in [5, 5.41) is 7.33. The molecule has 0 aliphatic heterocycles. The summed E-state index contributed by atoms with van der Waals surface area (Å²) in [4.78, 5) is 25.4. The minimum absolute atomic E-state index is 0.160. The van der Waals surface area contributed by atoms with Gasteiger partial charge in [0.15, 0.2) is 0 Å². The molecule has 0 spiro atoms. The fourth-order valence-electron chi connectivity index (χ4n) is 2.45. The molecule has 6 nitrogen and oxygen atoms in total. The maximum absolute atomic E-state index is 12.3. The first-order chi connectivity index (χ1) is 12.0. The molecule has 25 heavy (non-hydrogen) atoms. The molecule has 0 unspecified atom stereocenters. The summed E-state index contributed by atoms with van der Waals surface area (Å²) in [7, 11) is 1.66. The summed E-state index contributed by atoms with van der Waals surface area (Å²) >= 11 is 0. The van der Waals surface area contributed by atoms with Crippen molar-refractivity contribution in [1.29, 1.82) is 0 Å². The molecule has 2 aromatic rings. The summed E-state index contributed by atoms with van der Waals surface area (Å²) in [6.07, 6.45) is 4.24. The molecule has 0 saturated heterocycles. The number of nitrogens with zero attached hydrogens (tertiary/aromatic N) is 3. The Bertz CT molecular complexity index is 762. The third-order valence-electron chi connectivity index (χ3n) is 3.96. The van der Waals surface area contributed by atoms with Crippen LogP contribution in [0.2, 0.25) is 0 Å². The number of hydrogen-bond acceptors (Lipinski definition) is 3. The molecule has 1 aromatic carbocycles. The minimum Gasteiger partial charge on any atom is -0.348 e. The number of carbonyl (C=O) groups is 2. The third-order valence-corrected chi connectivity index (χ3v) is 3.96. The van der Waals surface area contributed by atoms with Gasteiger partial charge in [0, 0.05) is 43.1 Å². The molecule has 0 aliphatic rings. The highest BCUT2D eigenvalue weighted by Crippen LogP contribution is 2.14. The molecule has 1 N–H and O–H groups in total. The molecule has 6 heteroatoms. The van der Waals surface area contributed by atoms with Gasteiger partial charge in [-0.15, -0.1) is 0 Å². The van der Waals surface area contributed by atoms with Crippen LogP contribution >= 0.6 is 0 Å². The summed E-state index contributed by atoms with van der Waals surface area (Å²) in [6, 6.07) is 6.87. The van der Waals surface area contributed by atoms with E-state index in [0.717, 1.165) is 24.2 Å². The van der Waals surface area contributed by atoms with Gasteiger partial charge in [-0.3, -0.25) is 14.3 Å². The number of anilines is 1. The van der Waals surface area contributed by atoms with Crippen LogP contribution in [-0.4, -0.2) is 28.6 Å². The average molecular weight is 340 g/mol. The Labute approximate surface area is 148 Å². The van der Waals surface area contributed by atoms with Crippen LogP contribution in [0.4, 0.5) is 5.69 Å². The van der Waals surface area contributed by atoms with Crippen LogP contribution in [0.15, 0.2) is 43.1 Å². The lowest BCUT2D eigenvalue weighted by Gasteiger charge is -2.15. The van der Waals surface area contributed by atoms with Gasteiger partial charge in [0.1, 0.15) is 0 Å². The first-order valence-corrected chi connectivity index (χ1v) is 8.27. The van der Waals surface area contributed by atoms with Crippen molar-refractivity contribution >= 4 is 17.5 Å². The van der Waals surface area contributed by atoms with Crippen molar-refractivity contribution in [3.05, 3.63) is 59.9 Å². The molecule has 0 atom stereocenters. The zero-order chi connectivity index (χ0) is 18.4. The summed E-state index contributed by atoms with van der Waals surface area (Å²) in [5.41, 5.74) is 3.18. The fraction of sp³-hybridized carbons (Fsp3) is 0.316. The molecule has 0 bridgehead atoms. The molecule has 1 aromatic heterocycles. The van der Waals surface area contributed by atoms with Crippen molar-refractivity contribution < 1.29 is 9.59 Å². The lowest BCUT2D eigenvalue weighted by atomic mass is 10.1. The smallest absolute Gasteiger partial charge is 0.251 e. The average Bonchev–Trinajstić information content (AvgIpc) is 2.98. The number of benzene rings is 1. The van der Waals surface area contributed by atoms with Crippen LogP contribution in [0, 0.1) is 6.92 Å². The van der Waals surface area contributed by atoms with Gasteiger partial charge in [-0.1, -0.05) is 13.5 Å². The normalized spacial score (nSPS) is 10.4. The van der Waals surface area contributed by atoms with Crippen LogP contribution in [0.3, 0.4) is 0 Å². The highest BCUT2D eigenvalue weighted by Gasteiger charge is 2.11. The van der Waals surface area contributed by atoms with Crippen LogP contribution in [0.1, 0.15) is 35.0 Å². The highest BCUT2D eigenvalue weighted by atomic mass is 16.2. The van der Waals surface area contributed by atoms with Crippen LogP contribution < -0.4 is 10.2 Å². The fourth-order valence-corrected chi connectivity index (χ4v) is 2.45. The Balaban J connectivity index is 1.99. The predicted molar refractivity (Wildman–Crippen MR) is 98.5 cm³/mol. The third kappa shape index (κ3) is 4.56. The van der Waals surface area contributed by atoms with E-state index in [1.165, 1.54) is 11.0 Å². The molecule has 0 aliphatic carbocycles. The van der Waals surface area contributed by atoms with E-state index < -0.39 is 0 Å². The zero-order valence-electron chi connectivity index (χ0n) is 15.0. The van der Waals surface area contributed by atoms with E-state index in [-0.39, 0.29) is 11.8 Å². The number of likely N-dealkylation sites (N-methyl/N-ethyl adjacent to an activating group) is 1. The Hall–Kier alpha value is -2.89. The van der Waals surface area contributed by atoms with Gasteiger partial charge >= 0.3 is 0 Å². The van der Waals surface area contributed by atoms with Gasteiger partial charge < -0.3 is 10.2 Å². The summed E-state index contributed by atoms with van der Waals surface area (Å²) < 4.78 is 1.90. The molecule has 2 rings (SSSR count). The number of aromatic nitrogens is 2. The Morgan fingerprint density at radius 3 is 2.60 bits per heavy atom. The summed E-state index contributed by atoms with van der Waals surface area (Å²) in [5.74, 6) is -0.358. The van der Waals surface area contributed by atoms with Crippen LogP contribution in [0.5, 0.6) is 0 Å². The minimum atomic E-state index is -0.197. The Kier molecular flexibility index (Phi) is 6.11. The van der Waals surface area contributed by atoms with E-state index in [1.54, 1.807) is 31.3 Å². The molecule has 1 heterocycles. The topological polar surface area (TPSA) is 67.2 Å². The van der Waals surface area contributed by atoms with Gasteiger partial charge in [0.25, 0.3) is 5.91 Å². The molecule has 0 saturated carbocycles. The van der Waals surface area contributed by atoms with Crippen molar-refractivity contribution in [2.24, 2.45) is 0 Å². The summed E-state index contributed by atoms with van der Waals surface area (Å²) in [6.45, 7) is 8.81. The number of aryl methyl sites for hydroxylation is 2. The van der Waals surface area contributed by atoms with Gasteiger partial charge in [-0.05, 0) is 43.7 Å². The second-order valence-corrected chi connectivity index (χ2v) is 5.83. The van der Waals surface area contributed by atoms with E-state index in [0.29, 0.717) is 17.8 Å². The number of rotatable bonds is 7. The van der Waals surface area contributed by atoms with E-state index in [2.05, 4.69) is 23.9 Å². The van der Waals surface area contributed by atoms with Crippen LogP contribution in [-0.2, 0) is 17.9 Å². The number of hydrogen-bond donors (Lipinski definition) is 1. The molecule has 132 valence electrons. The lowest BCUT2D eigenvalue weighted by molar-refractivity contribution is -0.113. The van der Waals surface area contributed by atoms with E-state index in [4.69, 9.17) is 0 Å². The molecule has 0 fully saturated rings. The molecular formula is C19H24N4O2. The zero-order valence-corrected chi connectivity index (χ0v) is 15.0. The molecule has 0 radical (unpaired) electrons. The Morgan fingerprint density at radius 1 is 1.32 bits per heavy atom. The lowest BCUT2D eigenvalue weighted by Crippen LogP contribution is -2.25. The Morgan fingerprint density at radius 2 is 2.00 bits per heavy atom. The van der Waals surface area contributed by atoms with E-state index >= 15 is 0 Å². The second kappa shape index (κ2) is 8.28. The first-order valence-electron chi connectivity index (χ1n) is 8.27. The van der Waals surface area contributed by atoms with Gasteiger partial charge in [0.05, 0.1) is 5.69 Å². The van der Waals surface area contributed by atoms with E-state index in [9.17, 15) is 9.59 Å². The molecular weight excluding hydrogens is 316 g/mol. The molecule has 2 amide bonds. The number of amides is 2. The van der Waals surface area contributed by atoms with Gasteiger partial charge in [0.2, 0.25) is 5.91 Å². The maximum atomic E-state index is 12.3. The standard InChI is InChI=1S/C19H24N4O2/c1-5-11-23-13-16(14(3)21-23)12-20-19(25)15-7-9-17(10-8-15)22(4)18(24)6-2/h6-10,13H,2,5,11-12H2,1,3-4H3,(H,20,25). The predicted octanol–water partition coefficient (Wildman–Crippen LogP) is 2.68. The van der Waals surface area contributed by atoms with Crippen LogP contribution in [0.25, 0.3) is 0 Å². The van der Waals surface area contributed by atoms with Crippen molar-refractivity contribution in [2.75, 3.05) is 11.9 Å². The SMILES string of the molecule is C=CC(=O)N(C)c1ccc(C(=O)NCc2cn(CCC)nc2C)cc1. The van der Waals surface area contributed by atoms with Gasteiger partial charge in [-0.2, -0.15) is 5.10 Å². The van der Waals surface area contributed by atoms with Gasteiger partial charge in [-0.25, -0.2) is 0 Å². The number of carbonyl (C=O) groups excluding carboxylic acids is 2. The number of nitrogens with one attached hydrogen (secondary N) is 1. The maximum Gasteiger partial charge on any atom is 0.251 e. The second-order valence-electron chi connectivity index (χ2n) is 5.83. The van der Waals surface area contributed by atoms with Crippen molar-refractivity contribution in [2.45, 2.75) is 33.4 Å². The first kappa shape index (κ1) is 18.4. The largest absolute Gasteiger partial charge is 0.348 e. The highest BCUT2D eigenvalue weighted by molar-refractivity contribution is 6.01. The van der Waals surface area contributed by atoms with Crippen molar-refractivity contribution in [1.82, 2.24) is 15.1 Å². The van der Waals surface area contributed by atoms with Crippen molar-refractivity contribution in [3.63, 3.8) is 0 Å². The van der Waals surface area contributed by atoms with Crippen molar-refractivity contribution in [3.8, 4) is 0 Å². The monoisotopic (exact) mass is 340 g/mol. The van der Waals surface area contributed by atoms with E-state index in [1.807, 2.05) is 17.8 Å². The quantitative estimate of drug-likeness (QED) is 0.788.